The number of hydrogen-bond donors (Lipinski definition) is 2. The zero-order chi connectivity index (χ0) is 28.0. The predicted molar refractivity (Wildman–Crippen MR) is 147 cm³/mol. The van der Waals surface area contributed by atoms with E-state index in [4.69, 9.17) is 0 Å². The maximum atomic E-state index is 13.2. The van der Waals surface area contributed by atoms with Crippen LogP contribution in [0.4, 0.5) is 15.8 Å². The fourth-order valence-corrected chi connectivity index (χ4v) is 5.12. The third-order valence-electron chi connectivity index (χ3n) is 5.92. The minimum atomic E-state index is -3.81. The summed E-state index contributed by atoms with van der Waals surface area (Å²) < 4.78 is 38.1. The summed E-state index contributed by atoms with van der Waals surface area (Å²) >= 11 is 0. The fraction of sp³-hybridized carbons (Fsp3) is 0.100. The van der Waals surface area contributed by atoms with Gasteiger partial charge in [0.15, 0.2) is 15.6 Å². The van der Waals surface area contributed by atoms with Gasteiger partial charge in [0.2, 0.25) is 5.91 Å². The van der Waals surface area contributed by atoms with Crippen molar-refractivity contribution in [3.63, 3.8) is 0 Å². The zero-order valence-corrected chi connectivity index (χ0v) is 21.8. The van der Waals surface area contributed by atoms with Crippen molar-refractivity contribution in [1.82, 2.24) is 0 Å². The molecule has 0 aliphatic rings. The van der Waals surface area contributed by atoms with Crippen LogP contribution in [0.5, 0.6) is 0 Å². The first-order valence-corrected chi connectivity index (χ1v) is 13.7. The maximum absolute atomic E-state index is 13.2. The van der Waals surface area contributed by atoms with Crippen LogP contribution in [0.25, 0.3) is 0 Å². The number of aryl methyl sites for hydroxylation is 1. The summed E-state index contributed by atoms with van der Waals surface area (Å²) in [6, 6.07) is 24.4. The Balaban J connectivity index is 1.49. The summed E-state index contributed by atoms with van der Waals surface area (Å²) in [4.78, 5) is 38.9. The van der Waals surface area contributed by atoms with Crippen molar-refractivity contribution in [2.75, 3.05) is 16.4 Å². The quantitative estimate of drug-likeness (QED) is 0.216. The van der Waals surface area contributed by atoms with E-state index in [1.54, 1.807) is 60.7 Å². The number of para-hydroxylation sites is 1. The molecule has 2 N–H and O–H groups in total. The average Bonchev–Trinajstić information content (AvgIpc) is 2.93. The van der Waals surface area contributed by atoms with E-state index in [2.05, 4.69) is 10.6 Å². The molecule has 0 fully saturated rings. The SMILES string of the molecule is Cc1ccc(NC(=O)c2ccccc2NC(=O)CCS(=O)(=O)c2ccc(F)cc2)c(C(=O)c2ccccc2)c1. The van der Waals surface area contributed by atoms with Gasteiger partial charge in [0.25, 0.3) is 5.91 Å². The van der Waals surface area contributed by atoms with Gasteiger partial charge < -0.3 is 10.6 Å². The van der Waals surface area contributed by atoms with Gasteiger partial charge in [-0.1, -0.05) is 54.1 Å². The molecule has 4 rings (SSSR count). The van der Waals surface area contributed by atoms with Crippen molar-refractivity contribution in [3.8, 4) is 0 Å². The van der Waals surface area contributed by atoms with Crippen LogP contribution in [0.1, 0.15) is 38.3 Å². The van der Waals surface area contributed by atoms with Crippen LogP contribution in [-0.2, 0) is 14.6 Å². The number of carbonyl (C=O) groups excluding carboxylic acids is 3. The minimum Gasteiger partial charge on any atom is -0.325 e. The molecular formula is C30H25FN2O5S. The summed E-state index contributed by atoms with van der Waals surface area (Å²) in [6.45, 7) is 1.84. The first-order valence-electron chi connectivity index (χ1n) is 12.0. The molecule has 0 aliphatic carbocycles. The fourth-order valence-electron chi connectivity index (χ4n) is 3.88. The van der Waals surface area contributed by atoms with Crippen LogP contribution >= 0.6 is 0 Å². The molecule has 9 heteroatoms. The molecule has 0 aliphatic heterocycles. The monoisotopic (exact) mass is 544 g/mol. The van der Waals surface area contributed by atoms with Gasteiger partial charge in [-0.3, -0.25) is 14.4 Å². The summed E-state index contributed by atoms with van der Waals surface area (Å²) in [5.41, 5.74) is 2.26. The minimum absolute atomic E-state index is 0.0876. The predicted octanol–water partition coefficient (Wildman–Crippen LogP) is 5.42. The van der Waals surface area contributed by atoms with Crippen molar-refractivity contribution in [2.24, 2.45) is 0 Å². The Bertz CT molecular complexity index is 1640. The Morgan fingerprint density at radius 3 is 2.10 bits per heavy atom. The second-order valence-corrected chi connectivity index (χ2v) is 10.9. The van der Waals surface area contributed by atoms with Gasteiger partial charge in [-0.05, 0) is 55.5 Å². The third-order valence-corrected chi connectivity index (χ3v) is 7.65. The van der Waals surface area contributed by atoms with Crippen LogP contribution in [0.2, 0.25) is 0 Å². The smallest absolute Gasteiger partial charge is 0.257 e. The molecule has 0 saturated heterocycles. The molecule has 0 saturated carbocycles. The highest BCUT2D eigenvalue weighted by Gasteiger charge is 2.20. The Kier molecular flexibility index (Phi) is 8.31. The summed E-state index contributed by atoms with van der Waals surface area (Å²) in [6.07, 6.45) is -0.372. The van der Waals surface area contributed by atoms with Crippen molar-refractivity contribution in [2.45, 2.75) is 18.2 Å². The molecular weight excluding hydrogens is 519 g/mol. The molecule has 198 valence electrons. The molecule has 2 amide bonds. The Hall–Kier alpha value is -4.63. The number of sulfone groups is 1. The highest BCUT2D eigenvalue weighted by Crippen LogP contribution is 2.24. The second kappa shape index (κ2) is 11.8. The number of carbonyl (C=O) groups is 3. The van der Waals surface area contributed by atoms with E-state index < -0.39 is 33.2 Å². The number of amides is 2. The van der Waals surface area contributed by atoms with Gasteiger partial charge in [-0.2, -0.15) is 0 Å². The van der Waals surface area contributed by atoms with E-state index in [0.29, 0.717) is 16.8 Å². The Labute approximate surface area is 225 Å². The molecule has 4 aromatic rings. The number of rotatable bonds is 9. The lowest BCUT2D eigenvalue weighted by Gasteiger charge is -2.14. The largest absolute Gasteiger partial charge is 0.325 e. The van der Waals surface area contributed by atoms with E-state index in [9.17, 15) is 27.2 Å². The number of halogens is 1. The lowest BCUT2D eigenvalue weighted by atomic mass is 9.99. The van der Waals surface area contributed by atoms with Gasteiger partial charge in [-0.15, -0.1) is 0 Å². The van der Waals surface area contributed by atoms with Crippen LogP contribution < -0.4 is 10.6 Å². The highest BCUT2D eigenvalue weighted by atomic mass is 32.2. The standard InChI is InChI=1S/C30H25FN2O5S/c1-20-11-16-27(25(19-20)29(35)21-7-3-2-4-8-21)33-30(36)24-9-5-6-10-26(24)32-28(34)17-18-39(37,38)23-14-12-22(31)13-15-23/h2-16,19H,17-18H2,1H3,(H,32,34)(H,33,36). The molecule has 39 heavy (non-hydrogen) atoms. The van der Waals surface area contributed by atoms with E-state index in [0.717, 1.165) is 29.8 Å². The summed E-state index contributed by atoms with van der Waals surface area (Å²) in [7, 11) is -3.81. The van der Waals surface area contributed by atoms with Crippen molar-refractivity contribution >= 4 is 38.8 Å². The molecule has 0 aromatic heterocycles. The van der Waals surface area contributed by atoms with E-state index in [1.807, 2.05) is 6.92 Å². The molecule has 4 aromatic carbocycles. The van der Waals surface area contributed by atoms with Gasteiger partial charge in [0, 0.05) is 17.5 Å². The molecule has 0 heterocycles. The van der Waals surface area contributed by atoms with E-state index in [-0.39, 0.29) is 28.4 Å². The first kappa shape index (κ1) is 27.4. The lowest BCUT2D eigenvalue weighted by molar-refractivity contribution is -0.115. The van der Waals surface area contributed by atoms with Crippen LogP contribution in [-0.4, -0.2) is 31.8 Å². The number of benzene rings is 4. The summed E-state index contributed by atoms with van der Waals surface area (Å²) in [5, 5.41) is 5.35. The van der Waals surface area contributed by atoms with Gasteiger partial charge >= 0.3 is 0 Å². The van der Waals surface area contributed by atoms with Crippen LogP contribution in [0.3, 0.4) is 0 Å². The molecule has 0 bridgehead atoms. The van der Waals surface area contributed by atoms with Crippen LogP contribution in [0.15, 0.2) is 102 Å². The molecule has 0 spiro atoms. The topological polar surface area (TPSA) is 109 Å². The molecule has 0 atom stereocenters. The Morgan fingerprint density at radius 2 is 1.38 bits per heavy atom. The zero-order valence-electron chi connectivity index (χ0n) is 21.0. The van der Waals surface area contributed by atoms with Crippen molar-refractivity contribution in [1.29, 1.82) is 0 Å². The first-order chi connectivity index (χ1) is 18.6. The number of hydrogen-bond acceptors (Lipinski definition) is 5. The van der Waals surface area contributed by atoms with Gasteiger partial charge in [-0.25, -0.2) is 12.8 Å². The van der Waals surface area contributed by atoms with Crippen molar-refractivity contribution in [3.05, 3.63) is 125 Å². The highest BCUT2D eigenvalue weighted by molar-refractivity contribution is 7.91. The molecule has 0 radical (unpaired) electrons. The molecule has 7 nitrogen and oxygen atoms in total. The molecule has 0 unspecified atom stereocenters. The average molecular weight is 545 g/mol. The van der Waals surface area contributed by atoms with E-state index in [1.165, 1.54) is 12.1 Å². The lowest BCUT2D eigenvalue weighted by Crippen LogP contribution is -2.21. The second-order valence-electron chi connectivity index (χ2n) is 8.81. The summed E-state index contributed by atoms with van der Waals surface area (Å²) in [5.74, 6) is -2.48. The van der Waals surface area contributed by atoms with Crippen molar-refractivity contribution < 1.29 is 27.2 Å². The van der Waals surface area contributed by atoms with E-state index >= 15 is 0 Å². The van der Waals surface area contributed by atoms with Gasteiger partial charge in [0.05, 0.1) is 27.6 Å². The Morgan fingerprint density at radius 1 is 0.744 bits per heavy atom. The third kappa shape index (κ3) is 6.82. The van der Waals surface area contributed by atoms with Gasteiger partial charge in [0.1, 0.15) is 5.82 Å². The van der Waals surface area contributed by atoms with Crippen LogP contribution in [0, 0.1) is 12.7 Å². The number of anilines is 2. The number of nitrogens with one attached hydrogen (secondary N) is 2. The maximum Gasteiger partial charge on any atom is 0.257 e. The number of ketones is 1. The normalized spacial score (nSPS) is 11.0.